The molecule has 7 nitrogen and oxygen atoms in total. The summed E-state index contributed by atoms with van der Waals surface area (Å²) in [5.74, 6) is -1.72. The number of rotatable bonds is 7. The number of anilines is 1. The zero-order chi connectivity index (χ0) is 19.8. The molecule has 2 aromatic rings. The molecule has 0 saturated carbocycles. The summed E-state index contributed by atoms with van der Waals surface area (Å²) in [6.07, 6.45) is 1.46. The normalized spacial score (nSPS) is 11.3. The van der Waals surface area contributed by atoms with Gasteiger partial charge in [0.25, 0.3) is 5.91 Å². The summed E-state index contributed by atoms with van der Waals surface area (Å²) in [6, 6.07) is 12.5. The van der Waals surface area contributed by atoms with Gasteiger partial charge in [-0.25, -0.2) is 9.59 Å². The third-order valence-electron chi connectivity index (χ3n) is 3.43. The molecule has 0 unspecified atom stereocenters. The number of benzene rings is 2. The van der Waals surface area contributed by atoms with Crippen molar-refractivity contribution in [2.75, 3.05) is 24.8 Å². The van der Waals surface area contributed by atoms with Gasteiger partial charge < -0.3 is 14.8 Å². The first-order chi connectivity index (χ1) is 12.9. The molecule has 1 amide bonds. The van der Waals surface area contributed by atoms with Gasteiger partial charge in [0.1, 0.15) is 0 Å². The van der Waals surface area contributed by atoms with Crippen molar-refractivity contribution in [2.45, 2.75) is 11.8 Å². The van der Waals surface area contributed by atoms with Gasteiger partial charge in [-0.2, -0.15) is 0 Å². The van der Waals surface area contributed by atoms with Gasteiger partial charge in [-0.3, -0.25) is 9.00 Å². The van der Waals surface area contributed by atoms with Gasteiger partial charge in [0, 0.05) is 11.9 Å². The summed E-state index contributed by atoms with van der Waals surface area (Å²) in [5.41, 5.74) is 0.967. The number of carbonyl (C=O) groups is 3. The van der Waals surface area contributed by atoms with Crippen molar-refractivity contribution < 1.29 is 28.1 Å². The van der Waals surface area contributed by atoms with Crippen LogP contribution in [0.4, 0.5) is 5.69 Å². The first-order valence-corrected chi connectivity index (χ1v) is 9.64. The lowest BCUT2D eigenvalue weighted by Gasteiger charge is -2.09. The van der Waals surface area contributed by atoms with E-state index in [1.165, 1.54) is 24.5 Å². The third kappa shape index (κ3) is 5.75. The lowest BCUT2D eigenvalue weighted by Crippen LogP contribution is -2.21. The maximum absolute atomic E-state index is 12.1. The highest BCUT2D eigenvalue weighted by Gasteiger charge is 2.16. The molecule has 0 aliphatic rings. The topological polar surface area (TPSA) is 98.8 Å². The summed E-state index contributed by atoms with van der Waals surface area (Å²) in [4.78, 5) is 36.0. The number of hydrogen-bond acceptors (Lipinski definition) is 6. The maximum atomic E-state index is 12.1. The molecule has 8 heteroatoms. The van der Waals surface area contributed by atoms with Crippen molar-refractivity contribution in [1.82, 2.24) is 0 Å². The third-order valence-corrected chi connectivity index (χ3v) is 4.41. The average Bonchev–Trinajstić information content (AvgIpc) is 2.66. The van der Waals surface area contributed by atoms with Crippen LogP contribution in [0.2, 0.25) is 0 Å². The molecular weight excluding hydrogens is 370 g/mol. The van der Waals surface area contributed by atoms with Crippen LogP contribution in [0.3, 0.4) is 0 Å². The fourth-order valence-electron chi connectivity index (χ4n) is 2.20. The van der Waals surface area contributed by atoms with E-state index < -0.39 is 35.3 Å². The van der Waals surface area contributed by atoms with E-state index in [0.29, 0.717) is 16.1 Å². The SMILES string of the molecule is CCOC(=O)c1ccc(NC(=O)COC(=O)c2ccccc2[S@](C)=O)cc1. The van der Waals surface area contributed by atoms with E-state index in [-0.39, 0.29) is 12.2 Å². The summed E-state index contributed by atoms with van der Waals surface area (Å²) in [5, 5.41) is 2.56. The van der Waals surface area contributed by atoms with Crippen LogP contribution in [0.25, 0.3) is 0 Å². The van der Waals surface area contributed by atoms with Gasteiger partial charge in [0.05, 0.1) is 33.4 Å². The van der Waals surface area contributed by atoms with Crippen molar-refractivity contribution >= 4 is 34.3 Å². The smallest absolute Gasteiger partial charge is 0.339 e. The molecule has 0 saturated heterocycles. The molecule has 0 bridgehead atoms. The molecule has 2 rings (SSSR count). The average molecular weight is 389 g/mol. The Bertz CT molecular complexity index is 863. The minimum Gasteiger partial charge on any atom is -0.462 e. The van der Waals surface area contributed by atoms with E-state index in [1.807, 2.05) is 0 Å². The van der Waals surface area contributed by atoms with Crippen LogP contribution in [0.15, 0.2) is 53.4 Å². The Morgan fingerprint density at radius 2 is 1.63 bits per heavy atom. The number of nitrogens with one attached hydrogen (secondary N) is 1. The number of carbonyl (C=O) groups excluding carboxylic acids is 3. The molecule has 0 spiro atoms. The Morgan fingerprint density at radius 3 is 2.26 bits per heavy atom. The highest BCUT2D eigenvalue weighted by molar-refractivity contribution is 7.84. The van der Waals surface area contributed by atoms with E-state index >= 15 is 0 Å². The van der Waals surface area contributed by atoms with Gasteiger partial charge in [0.2, 0.25) is 0 Å². The van der Waals surface area contributed by atoms with Crippen LogP contribution in [0, 0.1) is 0 Å². The Balaban J connectivity index is 1.92. The maximum Gasteiger partial charge on any atom is 0.339 e. The highest BCUT2D eigenvalue weighted by Crippen LogP contribution is 2.14. The van der Waals surface area contributed by atoms with E-state index in [4.69, 9.17) is 9.47 Å². The fourth-order valence-corrected chi connectivity index (χ4v) is 2.93. The van der Waals surface area contributed by atoms with Crippen LogP contribution in [0.5, 0.6) is 0 Å². The van der Waals surface area contributed by atoms with Crippen LogP contribution in [0.1, 0.15) is 27.6 Å². The molecule has 0 fully saturated rings. The van der Waals surface area contributed by atoms with E-state index in [2.05, 4.69) is 5.32 Å². The van der Waals surface area contributed by atoms with Crippen molar-refractivity contribution in [2.24, 2.45) is 0 Å². The standard InChI is InChI=1S/C19H19NO6S/c1-3-25-18(22)13-8-10-14(11-9-13)20-17(21)12-26-19(23)15-6-4-5-7-16(15)27(2)24/h4-11H,3,12H2,1-2H3,(H,20,21)/t27-/m0/s1. The predicted molar refractivity (Wildman–Crippen MR) is 100 cm³/mol. The molecule has 0 radical (unpaired) electrons. The van der Waals surface area contributed by atoms with Crippen molar-refractivity contribution in [1.29, 1.82) is 0 Å². The lowest BCUT2D eigenvalue weighted by molar-refractivity contribution is -0.119. The van der Waals surface area contributed by atoms with Crippen LogP contribution in [-0.2, 0) is 25.1 Å². The number of hydrogen-bond donors (Lipinski definition) is 1. The van der Waals surface area contributed by atoms with Crippen molar-refractivity contribution in [3.8, 4) is 0 Å². The largest absolute Gasteiger partial charge is 0.462 e. The zero-order valence-corrected chi connectivity index (χ0v) is 15.7. The van der Waals surface area contributed by atoms with Gasteiger partial charge in [-0.05, 0) is 43.3 Å². The monoisotopic (exact) mass is 389 g/mol. The fraction of sp³-hybridized carbons (Fsp3) is 0.211. The van der Waals surface area contributed by atoms with E-state index in [1.54, 1.807) is 37.3 Å². The van der Waals surface area contributed by atoms with Crippen molar-refractivity contribution in [3.05, 3.63) is 59.7 Å². The summed E-state index contributed by atoms with van der Waals surface area (Å²) < 4.78 is 21.5. The molecule has 27 heavy (non-hydrogen) atoms. The lowest BCUT2D eigenvalue weighted by atomic mass is 10.2. The second-order valence-corrected chi connectivity index (χ2v) is 6.72. The zero-order valence-electron chi connectivity index (χ0n) is 14.9. The number of esters is 2. The first kappa shape index (κ1) is 20.3. The number of ether oxygens (including phenoxy) is 2. The molecule has 0 aliphatic carbocycles. The minimum atomic E-state index is -1.35. The first-order valence-electron chi connectivity index (χ1n) is 8.09. The van der Waals surface area contributed by atoms with E-state index in [9.17, 15) is 18.6 Å². The van der Waals surface area contributed by atoms with Gasteiger partial charge in [0.15, 0.2) is 6.61 Å². The van der Waals surface area contributed by atoms with Gasteiger partial charge in [-0.1, -0.05) is 12.1 Å². The molecule has 1 atom stereocenters. The van der Waals surface area contributed by atoms with E-state index in [0.717, 1.165) is 0 Å². The second-order valence-electron chi connectivity index (χ2n) is 5.37. The molecule has 142 valence electrons. The van der Waals surface area contributed by atoms with Gasteiger partial charge >= 0.3 is 11.9 Å². The highest BCUT2D eigenvalue weighted by atomic mass is 32.2. The van der Waals surface area contributed by atoms with Gasteiger partial charge in [-0.15, -0.1) is 0 Å². The molecule has 0 aromatic heterocycles. The summed E-state index contributed by atoms with van der Waals surface area (Å²) >= 11 is 0. The summed E-state index contributed by atoms with van der Waals surface area (Å²) in [7, 11) is -1.35. The molecule has 0 aliphatic heterocycles. The quantitative estimate of drug-likeness (QED) is 0.730. The minimum absolute atomic E-state index is 0.157. The molecule has 0 heterocycles. The predicted octanol–water partition coefficient (Wildman–Crippen LogP) is 2.40. The molecular formula is C19H19NO6S. The molecule has 1 N–H and O–H groups in total. The Kier molecular flexibility index (Phi) is 7.25. The number of amides is 1. The van der Waals surface area contributed by atoms with Crippen LogP contribution in [-0.4, -0.2) is 41.5 Å². The van der Waals surface area contributed by atoms with Crippen LogP contribution >= 0.6 is 0 Å². The van der Waals surface area contributed by atoms with Crippen molar-refractivity contribution in [3.63, 3.8) is 0 Å². The summed E-state index contributed by atoms with van der Waals surface area (Å²) in [6.45, 7) is 1.49. The second kappa shape index (κ2) is 9.63. The molecule has 2 aromatic carbocycles. The Morgan fingerprint density at radius 1 is 0.963 bits per heavy atom. The van der Waals surface area contributed by atoms with Crippen LogP contribution < -0.4 is 5.32 Å². The Labute approximate surface area is 159 Å². The Hall–Kier alpha value is -3.00.